The van der Waals surface area contributed by atoms with Gasteiger partial charge in [-0.25, -0.2) is 0 Å². The van der Waals surface area contributed by atoms with Crippen molar-refractivity contribution in [2.45, 2.75) is 65.2 Å². The molecule has 0 spiro atoms. The number of hydrogen-bond donors (Lipinski definition) is 0. The number of allylic oxidation sites excluding steroid dienone is 2. The third kappa shape index (κ3) is 10.0. The maximum Gasteiger partial charge on any atom is 0.0255 e. The maximum absolute atomic E-state index is 3.12. The number of benzene rings is 2. The lowest BCUT2D eigenvalue weighted by atomic mass is 10.1. The molecule has 0 heterocycles. The summed E-state index contributed by atoms with van der Waals surface area (Å²) in [7, 11) is 0. The Hall–Kier alpha value is -2.96. The van der Waals surface area contributed by atoms with E-state index in [1.165, 1.54) is 49.7 Å². The van der Waals surface area contributed by atoms with Gasteiger partial charge in [-0.15, -0.1) is 0 Å². The van der Waals surface area contributed by atoms with E-state index in [4.69, 9.17) is 0 Å². The van der Waals surface area contributed by atoms with Gasteiger partial charge in [0.05, 0.1) is 0 Å². The summed E-state index contributed by atoms with van der Waals surface area (Å²) in [5, 5.41) is 0. The first-order chi connectivity index (χ1) is 14.8. The van der Waals surface area contributed by atoms with Crippen molar-refractivity contribution in [3.05, 3.63) is 82.9 Å². The first-order valence-electron chi connectivity index (χ1n) is 11.4. The van der Waals surface area contributed by atoms with Gasteiger partial charge in [0.2, 0.25) is 0 Å². The van der Waals surface area contributed by atoms with Crippen LogP contribution in [-0.4, -0.2) is 0 Å². The Labute approximate surface area is 184 Å². The van der Waals surface area contributed by atoms with Crippen LogP contribution >= 0.6 is 0 Å². The molecule has 154 valence electrons. The second kappa shape index (κ2) is 15.0. The van der Waals surface area contributed by atoms with Crippen LogP contribution in [0.3, 0.4) is 0 Å². The molecule has 0 bridgehead atoms. The van der Waals surface area contributed by atoms with Crippen LogP contribution in [0, 0.1) is 23.7 Å². The van der Waals surface area contributed by atoms with Crippen molar-refractivity contribution in [3.63, 3.8) is 0 Å². The van der Waals surface area contributed by atoms with E-state index < -0.39 is 0 Å². The Balaban J connectivity index is 1.83. The number of unbranched alkanes of at least 4 members (excludes halogenated alkanes) is 6. The fourth-order valence-electron chi connectivity index (χ4n) is 3.03. The van der Waals surface area contributed by atoms with Gasteiger partial charge in [0.25, 0.3) is 0 Å². The van der Waals surface area contributed by atoms with Crippen LogP contribution in [0.4, 0.5) is 0 Å². The first kappa shape index (κ1) is 23.3. The summed E-state index contributed by atoms with van der Waals surface area (Å²) < 4.78 is 0. The van der Waals surface area contributed by atoms with E-state index >= 15 is 0 Å². The Morgan fingerprint density at radius 1 is 0.567 bits per heavy atom. The average Bonchev–Trinajstić information content (AvgIpc) is 2.78. The molecule has 30 heavy (non-hydrogen) atoms. The van der Waals surface area contributed by atoms with Gasteiger partial charge >= 0.3 is 0 Å². The molecule has 0 amide bonds. The van der Waals surface area contributed by atoms with Crippen molar-refractivity contribution in [2.24, 2.45) is 0 Å². The summed E-state index contributed by atoms with van der Waals surface area (Å²) >= 11 is 0. The van der Waals surface area contributed by atoms with Crippen molar-refractivity contribution < 1.29 is 0 Å². The van der Waals surface area contributed by atoms with E-state index in [1.807, 2.05) is 0 Å². The van der Waals surface area contributed by atoms with Gasteiger partial charge in [-0.3, -0.25) is 0 Å². The van der Waals surface area contributed by atoms with Crippen LogP contribution in [0.2, 0.25) is 0 Å². The summed E-state index contributed by atoms with van der Waals surface area (Å²) in [4.78, 5) is 0. The zero-order chi connectivity index (χ0) is 21.3. The predicted octanol–water partition coefficient (Wildman–Crippen LogP) is 8.28. The zero-order valence-corrected chi connectivity index (χ0v) is 18.6. The highest BCUT2D eigenvalue weighted by Crippen LogP contribution is 2.09. The highest BCUT2D eigenvalue weighted by atomic mass is 13.9. The second-order valence-corrected chi connectivity index (χ2v) is 7.54. The Bertz CT molecular complexity index is 821. The lowest BCUT2D eigenvalue weighted by Gasteiger charge is -1.95. The summed E-state index contributed by atoms with van der Waals surface area (Å²) in [6.07, 6.45) is 18.9. The predicted molar refractivity (Wildman–Crippen MR) is 133 cm³/mol. The minimum atomic E-state index is 0.996. The lowest BCUT2D eigenvalue weighted by molar-refractivity contribution is 0.730. The zero-order valence-electron chi connectivity index (χ0n) is 18.6. The Kier molecular flexibility index (Phi) is 11.6. The number of hydrogen-bond acceptors (Lipinski definition) is 0. The van der Waals surface area contributed by atoms with Crippen molar-refractivity contribution >= 4 is 12.2 Å². The maximum atomic E-state index is 3.12. The molecule has 2 rings (SSSR count). The van der Waals surface area contributed by atoms with Crippen LogP contribution < -0.4 is 0 Å². The molecule has 0 fully saturated rings. The van der Waals surface area contributed by atoms with E-state index in [0.717, 1.165) is 24.0 Å². The SMILES string of the molecule is CCCCC/C=C/c1ccc(C#CC#Cc2ccc(/C=C/CCCCC)cc2)cc1. The van der Waals surface area contributed by atoms with E-state index in [9.17, 15) is 0 Å². The smallest absolute Gasteiger partial charge is 0.0255 e. The normalized spacial score (nSPS) is 10.6. The minimum Gasteiger partial charge on any atom is -0.0839 e. The second-order valence-electron chi connectivity index (χ2n) is 7.54. The fourth-order valence-corrected chi connectivity index (χ4v) is 3.03. The molecule has 0 aromatic heterocycles. The molecule has 0 radical (unpaired) electrons. The first-order valence-corrected chi connectivity index (χ1v) is 11.4. The Morgan fingerprint density at radius 3 is 1.33 bits per heavy atom. The summed E-state index contributed by atoms with van der Waals surface area (Å²) in [5.74, 6) is 12.2. The molecule has 0 saturated heterocycles. The standard InChI is InChI=1S/C30H34/c1-3-5-7-9-11-15-27-19-23-29(24-20-27)17-13-14-18-30-25-21-28(22-26-30)16-12-10-8-6-4-2/h11-12,15-16,19-26H,3-10H2,1-2H3/b15-11+,16-12+. The van der Waals surface area contributed by atoms with Gasteiger partial charge < -0.3 is 0 Å². The summed E-state index contributed by atoms with van der Waals surface area (Å²) in [6, 6.07) is 16.7. The molecule has 0 aliphatic carbocycles. The van der Waals surface area contributed by atoms with Crippen molar-refractivity contribution in [3.8, 4) is 23.7 Å². The molecule has 0 nitrogen and oxygen atoms in total. The summed E-state index contributed by atoms with van der Waals surface area (Å²) in [6.45, 7) is 4.47. The minimum absolute atomic E-state index is 0.996. The molecular formula is C30H34. The fraction of sp³-hybridized carbons (Fsp3) is 0.333. The molecule has 0 N–H and O–H groups in total. The van der Waals surface area contributed by atoms with Crippen molar-refractivity contribution in [1.29, 1.82) is 0 Å². The third-order valence-corrected chi connectivity index (χ3v) is 4.87. The monoisotopic (exact) mass is 394 g/mol. The molecule has 2 aromatic carbocycles. The van der Waals surface area contributed by atoms with Gasteiger partial charge in [0.15, 0.2) is 0 Å². The average molecular weight is 395 g/mol. The van der Waals surface area contributed by atoms with Crippen LogP contribution in [-0.2, 0) is 0 Å². The molecule has 2 aromatic rings. The molecule has 0 aliphatic heterocycles. The molecular weight excluding hydrogens is 360 g/mol. The molecule has 0 aliphatic rings. The third-order valence-electron chi connectivity index (χ3n) is 4.87. The molecule has 0 saturated carbocycles. The van der Waals surface area contributed by atoms with Crippen molar-refractivity contribution in [1.82, 2.24) is 0 Å². The van der Waals surface area contributed by atoms with Crippen LogP contribution in [0.1, 0.15) is 87.5 Å². The van der Waals surface area contributed by atoms with Crippen molar-refractivity contribution in [2.75, 3.05) is 0 Å². The van der Waals surface area contributed by atoms with E-state index in [1.54, 1.807) is 0 Å². The van der Waals surface area contributed by atoms with Crippen LogP contribution in [0.15, 0.2) is 60.7 Å². The summed E-state index contributed by atoms with van der Waals surface area (Å²) in [5.41, 5.74) is 4.44. The highest BCUT2D eigenvalue weighted by molar-refractivity contribution is 5.54. The van der Waals surface area contributed by atoms with Crippen LogP contribution in [0.5, 0.6) is 0 Å². The molecule has 0 atom stereocenters. The van der Waals surface area contributed by atoms with Gasteiger partial charge in [0.1, 0.15) is 0 Å². The van der Waals surface area contributed by atoms with E-state index in [0.29, 0.717) is 0 Å². The highest BCUT2D eigenvalue weighted by Gasteiger charge is 1.90. The van der Waals surface area contributed by atoms with Gasteiger partial charge in [-0.1, -0.05) is 99.9 Å². The molecule has 0 heteroatoms. The topological polar surface area (TPSA) is 0 Å². The van der Waals surface area contributed by atoms with E-state index in [-0.39, 0.29) is 0 Å². The van der Waals surface area contributed by atoms with Gasteiger partial charge in [0, 0.05) is 11.1 Å². The Morgan fingerprint density at radius 2 is 0.967 bits per heavy atom. The van der Waals surface area contributed by atoms with Gasteiger partial charge in [-0.2, -0.15) is 0 Å². The lowest BCUT2D eigenvalue weighted by Crippen LogP contribution is -1.77. The number of rotatable bonds is 10. The van der Waals surface area contributed by atoms with Gasteiger partial charge in [-0.05, 0) is 72.9 Å². The largest absolute Gasteiger partial charge is 0.0839 e. The van der Waals surface area contributed by atoms with E-state index in [2.05, 4.69) is 110 Å². The van der Waals surface area contributed by atoms with Crippen LogP contribution in [0.25, 0.3) is 12.2 Å². The molecule has 0 unspecified atom stereocenters. The quantitative estimate of drug-likeness (QED) is 0.281.